The maximum absolute atomic E-state index is 12.3. The van der Waals surface area contributed by atoms with Gasteiger partial charge < -0.3 is 15.4 Å². The van der Waals surface area contributed by atoms with Gasteiger partial charge in [-0.25, -0.2) is 0 Å². The van der Waals surface area contributed by atoms with Crippen LogP contribution in [0, 0.1) is 5.92 Å². The Morgan fingerprint density at radius 2 is 2.00 bits per heavy atom. The first-order chi connectivity index (χ1) is 9.20. The number of amides is 1. The van der Waals surface area contributed by atoms with Crippen LogP contribution in [0.4, 0.5) is 0 Å². The highest BCUT2D eigenvalue weighted by atomic mass is 16.5. The van der Waals surface area contributed by atoms with Crippen LogP contribution >= 0.6 is 0 Å². The molecule has 0 aromatic carbocycles. The van der Waals surface area contributed by atoms with Gasteiger partial charge in [-0.1, -0.05) is 6.92 Å². The van der Waals surface area contributed by atoms with Gasteiger partial charge in [-0.3, -0.25) is 4.79 Å². The van der Waals surface area contributed by atoms with E-state index in [4.69, 9.17) is 10.5 Å². The van der Waals surface area contributed by atoms with E-state index < -0.39 is 0 Å². The fourth-order valence-electron chi connectivity index (χ4n) is 3.28. The van der Waals surface area contributed by atoms with Gasteiger partial charge in [0, 0.05) is 32.2 Å². The minimum Gasteiger partial charge on any atom is -0.376 e. The van der Waals surface area contributed by atoms with Crippen molar-refractivity contribution in [3.05, 3.63) is 0 Å². The molecule has 2 N–H and O–H groups in total. The molecule has 0 aromatic heterocycles. The van der Waals surface area contributed by atoms with Crippen molar-refractivity contribution in [3.63, 3.8) is 0 Å². The molecule has 0 bridgehead atoms. The van der Waals surface area contributed by atoms with Crippen molar-refractivity contribution in [3.8, 4) is 0 Å². The van der Waals surface area contributed by atoms with Crippen LogP contribution in [-0.4, -0.2) is 42.6 Å². The Morgan fingerprint density at radius 1 is 1.26 bits per heavy atom. The number of hydrogen-bond acceptors (Lipinski definition) is 3. The second-order valence-electron chi connectivity index (χ2n) is 6.13. The molecule has 2 rings (SSSR count). The van der Waals surface area contributed by atoms with Crippen LogP contribution in [0.2, 0.25) is 0 Å². The lowest BCUT2D eigenvalue weighted by molar-refractivity contribution is -0.136. The number of hydrogen-bond donors (Lipinski definition) is 1. The van der Waals surface area contributed by atoms with Crippen LogP contribution < -0.4 is 5.73 Å². The number of rotatable bonds is 5. The average Bonchev–Trinajstić information content (AvgIpc) is 2.90. The van der Waals surface area contributed by atoms with Crippen LogP contribution in [0.5, 0.6) is 0 Å². The molecule has 0 radical (unpaired) electrons. The molecule has 1 aliphatic carbocycles. The fourth-order valence-corrected chi connectivity index (χ4v) is 3.28. The van der Waals surface area contributed by atoms with Gasteiger partial charge in [-0.2, -0.15) is 0 Å². The van der Waals surface area contributed by atoms with Gasteiger partial charge in [0.25, 0.3) is 0 Å². The predicted molar refractivity (Wildman–Crippen MR) is 75.8 cm³/mol. The van der Waals surface area contributed by atoms with Crippen molar-refractivity contribution in [2.75, 3.05) is 19.7 Å². The summed E-state index contributed by atoms with van der Waals surface area (Å²) in [6.07, 6.45) is 7.71. The van der Waals surface area contributed by atoms with E-state index in [1.165, 1.54) is 12.8 Å². The molecule has 19 heavy (non-hydrogen) atoms. The smallest absolute Gasteiger partial charge is 0.224 e. The van der Waals surface area contributed by atoms with Crippen LogP contribution in [0.25, 0.3) is 0 Å². The summed E-state index contributed by atoms with van der Waals surface area (Å²) in [6.45, 7) is 4.38. The normalized spacial score (nSPS) is 31.4. The Bertz CT molecular complexity index is 282. The number of ether oxygens (including phenoxy) is 1. The first-order valence-corrected chi connectivity index (χ1v) is 7.82. The molecule has 1 saturated heterocycles. The van der Waals surface area contributed by atoms with E-state index in [9.17, 15) is 4.79 Å². The molecular weight excluding hydrogens is 240 g/mol. The molecule has 1 heterocycles. The largest absolute Gasteiger partial charge is 0.376 e. The van der Waals surface area contributed by atoms with Crippen LogP contribution in [-0.2, 0) is 9.53 Å². The maximum atomic E-state index is 12.3. The third-order valence-corrected chi connectivity index (χ3v) is 4.53. The molecule has 4 heteroatoms. The summed E-state index contributed by atoms with van der Waals surface area (Å²) in [5.41, 5.74) is 5.55. The number of carbonyl (C=O) groups is 1. The van der Waals surface area contributed by atoms with Gasteiger partial charge in [-0.05, 0) is 44.4 Å². The summed E-state index contributed by atoms with van der Waals surface area (Å²) in [4.78, 5) is 14.4. The second kappa shape index (κ2) is 7.25. The lowest BCUT2D eigenvalue weighted by Gasteiger charge is -2.37. The molecule has 0 spiro atoms. The molecular formula is C15H28N2O2. The summed E-state index contributed by atoms with van der Waals surface area (Å²) in [5, 5.41) is 0. The molecule has 1 saturated carbocycles. The summed E-state index contributed by atoms with van der Waals surface area (Å²) in [5.74, 6) is 1.03. The summed E-state index contributed by atoms with van der Waals surface area (Å²) >= 11 is 0. The maximum Gasteiger partial charge on any atom is 0.224 e. The van der Waals surface area contributed by atoms with E-state index in [0.29, 0.717) is 19.0 Å². The number of nitrogens with two attached hydrogens (primary N) is 1. The van der Waals surface area contributed by atoms with Gasteiger partial charge in [0.2, 0.25) is 5.91 Å². The SMILES string of the molecule is CC1CCC(N(CC2CCCO2)C(=O)CCN)CC1. The minimum atomic E-state index is 0.220. The molecule has 2 aliphatic rings. The van der Waals surface area contributed by atoms with Gasteiger partial charge in [0.1, 0.15) is 0 Å². The van der Waals surface area contributed by atoms with Crippen molar-refractivity contribution >= 4 is 5.91 Å². The molecule has 1 amide bonds. The molecule has 2 fully saturated rings. The quantitative estimate of drug-likeness (QED) is 0.829. The van der Waals surface area contributed by atoms with Crippen molar-refractivity contribution in [2.24, 2.45) is 11.7 Å². The zero-order valence-corrected chi connectivity index (χ0v) is 12.1. The first kappa shape index (κ1) is 14.8. The number of nitrogens with zero attached hydrogens (tertiary/aromatic N) is 1. The summed E-state index contributed by atoms with van der Waals surface area (Å²) in [7, 11) is 0. The van der Waals surface area contributed by atoms with Gasteiger partial charge in [0.15, 0.2) is 0 Å². The van der Waals surface area contributed by atoms with Gasteiger partial charge >= 0.3 is 0 Å². The zero-order valence-electron chi connectivity index (χ0n) is 12.1. The number of carbonyl (C=O) groups excluding carboxylic acids is 1. The lowest BCUT2D eigenvalue weighted by Crippen LogP contribution is -2.46. The van der Waals surface area contributed by atoms with Crippen LogP contribution in [0.15, 0.2) is 0 Å². The highest BCUT2D eigenvalue weighted by Gasteiger charge is 2.30. The topological polar surface area (TPSA) is 55.6 Å². The Labute approximate surface area is 116 Å². The molecule has 4 nitrogen and oxygen atoms in total. The first-order valence-electron chi connectivity index (χ1n) is 7.82. The molecule has 0 aromatic rings. The van der Waals surface area contributed by atoms with E-state index in [0.717, 1.165) is 44.8 Å². The lowest BCUT2D eigenvalue weighted by atomic mass is 9.86. The third kappa shape index (κ3) is 4.18. The van der Waals surface area contributed by atoms with Crippen LogP contribution in [0.3, 0.4) is 0 Å². The van der Waals surface area contributed by atoms with Crippen molar-refractivity contribution in [1.29, 1.82) is 0 Å². The Kier molecular flexibility index (Phi) is 5.64. The Hall–Kier alpha value is -0.610. The fraction of sp³-hybridized carbons (Fsp3) is 0.933. The third-order valence-electron chi connectivity index (χ3n) is 4.53. The highest BCUT2D eigenvalue weighted by molar-refractivity contribution is 5.76. The standard InChI is InChI=1S/C15H28N2O2/c1-12-4-6-13(7-5-12)17(15(18)8-9-16)11-14-3-2-10-19-14/h12-14H,2-11,16H2,1H3. The van der Waals surface area contributed by atoms with Crippen molar-refractivity contribution in [2.45, 2.75) is 64.0 Å². The van der Waals surface area contributed by atoms with Crippen molar-refractivity contribution < 1.29 is 9.53 Å². The molecule has 1 unspecified atom stereocenters. The summed E-state index contributed by atoms with van der Waals surface area (Å²) in [6, 6.07) is 0.416. The monoisotopic (exact) mass is 268 g/mol. The second-order valence-corrected chi connectivity index (χ2v) is 6.13. The predicted octanol–water partition coefficient (Wildman–Crippen LogP) is 1.92. The summed E-state index contributed by atoms with van der Waals surface area (Å²) < 4.78 is 5.70. The van der Waals surface area contributed by atoms with E-state index in [1.807, 2.05) is 0 Å². The van der Waals surface area contributed by atoms with Gasteiger partial charge in [0.05, 0.1) is 6.10 Å². The van der Waals surface area contributed by atoms with E-state index in [2.05, 4.69) is 11.8 Å². The molecule has 1 atom stereocenters. The average molecular weight is 268 g/mol. The highest BCUT2D eigenvalue weighted by Crippen LogP contribution is 2.28. The van der Waals surface area contributed by atoms with Crippen LogP contribution in [0.1, 0.15) is 51.9 Å². The Balaban J connectivity index is 1.94. The van der Waals surface area contributed by atoms with Gasteiger partial charge in [-0.15, -0.1) is 0 Å². The minimum absolute atomic E-state index is 0.220. The molecule has 110 valence electrons. The van der Waals surface area contributed by atoms with E-state index in [-0.39, 0.29) is 12.0 Å². The van der Waals surface area contributed by atoms with E-state index in [1.54, 1.807) is 0 Å². The van der Waals surface area contributed by atoms with Crippen molar-refractivity contribution in [1.82, 2.24) is 4.90 Å². The van der Waals surface area contributed by atoms with E-state index >= 15 is 0 Å². The Morgan fingerprint density at radius 3 is 2.58 bits per heavy atom. The zero-order chi connectivity index (χ0) is 13.7. The molecule has 1 aliphatic heterocycles.